The maximum atomic E-state index is 12.0. The van der Waals surface area contributed by atoms with Gasteiger partial charge in [-0.25, -0.2) is 9.78 Å². The summed E-state index contributed by atoms with van der Waals surface area (Å²) in [5.41, 5.74) is 1.85. The minimum atomic E-state index is -0.362. The first-order chi connectivity index (χ1) is 10.3. The standard InChI is InChI=1S/C16H12N2O2S/c19-16(20-11-12-5-4-8-17-9-12)14-10-18-15(21-14)13-6-2-1-3-7-13/h1-10H,11H2. The zero-order valence-electron chi connectivity index (χ0n) is 11.1. The lowest BCUT2D eigenvalue weighted by molar-refractivity contribution is 0.0478. The molecule has 0 unspecified atom stereocenters. The van der Waals surface area contributed by atoms with Crippen LogP contribution >= 0.6 is 11.3 Å². The lowest BCUT2D eigenvalue weighted by atomic mass is 10.2. The number of thiazole rings is 1. The van der Waals surface area contributed by atoms with Crippen LogP contribution in [0.15, 0.2) is 61.1 Å². The summed E-state index contributed by atoms with van der Waals surface area (Å²) in [6, 6.07) is 13.4. The zero-order chi connectivity index (χ0) is 14.5. The van der Waals surface area contributed by atoms with Crippen molar-refractivity contribution >= 4 is 17.3 Å². The van der Waals surface area contributed by atoms with Crippen LogP contribution in [0.4, 0.5) is 0 Å². The van der Waals surface area contributed by atoms with Crippen LogP contribution in [0, 0.1) is 0 Å². The third-order valence-electron chi connectivity index (χ3n) is 2.82. The number of carbonyl (C=O) groups is 1. The Bertz CT molecular complexity index is 726. The van der Waals surface area contributed by atoms with E-state index >= 15 is 0 Å². The maximum absolute atomic E-state index is 12.0. The predicted octanol–water partition coefficient (Wildman–Crippen LogP) is 3.56. The highest BCUT2D eigenvalue weighted by atomic mass is 32.1. The Hall–Kier alpha value is -2.53. The summed E-state index contributed by atoms with van der Waals surface area (Å²) in [7, 11) is 0. The van der Waals surface area contributed by atoms with E-state index < -0.39 is 0 Å². The van der Waals surface area contributed by atoms with E-state index in [1.54, 1.807) is 18.6 Å². The Kier molecular flexibility index (Phi) is 4.02. The lowest BCUT2D eigenvalue weighted by Crippen LogP contribution is -2.03. The van der Waals surface area contributed by atoms with Gasteiger partial charge in [0.05, 0.1) is 6.20 Å². The fourth-order valence-corrected chi connectivity index (χ4v) is 2.60. The van der Waals surface area contributed by atoms with Crippen LogP contribution in [0.2, 0.25) is 0 Å². The molecule has 0 saturated carbocycles. The van der Waals surface area contributed by atoms with Crippen LogP contribution in [0.3, 0.4) is 0 Å². The second-order valence-corrected chi connectivity index (χ2v) is 5.36. The highest BCUT2D eigenvalue weighted by Gasteiger charge is 2.13. The molecule has 0 N–H and O–H groups in total. The average Bonchev–Trinajstić information content (AvgIpc) is 3.04. The number of nitrogens with zero attached hydrogens (tertiary/aromatic N) is 2. The van der Waals surface area contributed by atoms with Crippen molar-refractivity contribution in [3.05, 3.63) is 71.5 Å². The van der Waals surface area contributed by atoms with Crippen LogP contribution in [-0.4, -0.2) is 15.9 Å². The summed E-state index contributed by atoms with van der Waals surface area (Å²) in [6.45, 7) is 0.214. The summed E-state index contributed by atoms with van der Waals surface area (Å²) in [6.07, 6.45) is 4.91. The molecule has 2 heterocycles. The number of aromatic nitrogens is 2. The van der Waals surface area contributed by atoms with Crippen molar-refractivity contribution in [3.63, 3.8) is 0 Å². The monoisotopic (exact) mass is 296 g/mol. The Morgan fingerprint density at radius 2 is 1.95 bits per heavy atom. The summed E-state index contributed by atoms with van der Waals surface area (Å²) < 4.78 is 5.25. The summed E-state index contributed by atoms with van der Waals surface area (Å²) in [5, 5.41) is 0.809. The number of hydrogen-bond donors (Lipinski definition) is 0. The van der Waals surface area contributed by atoms with Crippen LogP contribution in [-0.2, 0) is 11.3 Å². The molecular weight excluding hydrogens is 284 g/mol. The van der Waals surface area contributed by atoms with E-state index in [4.69, 9.17) is 4.74 Å². The first-order valence-electron chi connectivity index (χ1n) is 6.40. The molecule has 0 amide bonds. The Balaban J connectivity index is 1.67. The summed E-state index contributed by atoms with van der Waals surface area (Å²) in [5.74, 6) is -0.362. The van der Waals surface area contributed by atoms with Crippen LogP contribution < -0.4 is 0 Å². The number of ether oxygens (including phenoxy) is 1. The molecule has 0 saturated heterocycles. The molecule has 2 aromatic heterocycles. The summed E-state index contributed by atoms with van der Waals surface area (Å²) in [4.78, 5) is 20.7. The van der Waals surface area contributed by atoms with Gasteiger partial charge in [0, 0.05) is 23.5 Å². The molecule has 0 aliphatic carbocycles. The first kappa shape index (κ1) is 13.5. The molecule has 0 spiro atoms. The molecule has 5 heteroatoms. The van der Waals surface area contributed by atoms with E-state index in [1.807, 2.05) is 42.5 Å². The van der Waals surface area contributed by atoms with Crippen LogP contribution in [0.25, 0.3) is 10.6 Å². The number of esters is 1. The average molecular weight is 296 g/mol. The van der Waals surface area contributed by atoms with Gasteiger partial charge in [0.2, 0.25) is 0 Å². The molecule has 4 nitrogen and oxygen atoms in total. The van der Waals surface area contributed by atoms with Crippen LogP contribution in [0.1, 0.15) is 15.2 Å². The van der Waals surface area contributed by atoms with Gasteiger partial charge in [0.1, 0.15) is 16.5 Å². The molecule has 0 atom stereocenters. The van der Waals surface area contributed by atoms with Crippen molar-refractivity contribution < 1.29 is 9.53 Å². The molecule has 1 aromatic carbocycles. The van der Waals surface area contributed by atoms with Crippen molar-refractivity contribution in [1.82, 2.24) is 9.97 Å². The van der Waals surface area contributed by atoms with Crippen molar-refractivity contribution in [2.45, 2.75) is 6.61 Å². The van der Waals surface area contributed by atoms with E-state index in [9.17, 15) is 4.79 Å². The van der Waals surface area contributed by atoms with Crippen molar-refractivity contribution in [2.24, 2.45) is 0 Å². The highest BCUT2D eigenvalue weighted by molar-refractivity contribution is 7.16. The molecule has 3 aromatic rings. The fourth-order valence-electron chi connectivity index (χ4n) is 1.79. The van der Waals surface area contributed by atoms with Gasteiger partial charge in [0.15, 0.2) is 0 Å². The van der Waals surface area contributed by atoms with Gasteiger partial charge in [-0.05, 0) is 6.07 Å². The second-order valence-electron chi connectivity index (χ2n) is 4.33. The van der Waals surface area contributed by atoms with Gasteiger partial charge in [-0.1, -0.05) is 36.4 Å². The normalized spacial score (nSPS) is 10.3. The second kappa shape index (κ2) is 6.28. The van der Waals surface area contributed by atoms with Gasteiger partial charge in [-0.15, -0.1) is 11.3 Å². The molecule has 3 rings (SSSR count). The minimum absolute atomic E-state index is 0.214. The topological polar surface area (TPSA) is 52.1 Å². The van der Waals surface area contributed by atoms with E-state index in [2.05, 4.69) is 9.97 Å². The number of hydrogen-bond acceptors (Lipinski definition) is 5. The van der Waals surface area contributed by atoms with Gasteiger partial charge in [-0.2, -0.15) is 0 Å². The van der Waals surface area contributed by atoms with Gasteiger partial charge >= 0.3 is 5.97 Å². The number of pyridine rings is 1. The Morgan fingerprint density at radius 1 is 1.10 bits per heavy atom. The van der Waals surface area contributed by atoms with E-state index in [1.165, 1.54) is 11.3 Å². The Morgan fingerprint density at radius 3 is 2.71 bits per heavy atom. The minimum Gasteiger partial charge on any atom is -0.457 e. The maximum Gasteiger partial charge on any atom is 0.350 e. The largest absolute Gasteiger partial charge is 0.457 e. The quantitative estimate of drug-likeness (QED) is 0.691. The molecule has 0 aliphatic rings. The molecule has 104 valence electrons. The zero-order valence-corrected chi connectivity index (χ0v) is 11.9. The molecule has 0 aliphatic heterocycles. The first-order valence-corrected chi connectivity index (χ1v) is 7.22. The fraction of sp³-hybridized carbons (Fsp3) is 0.0625. The predicted molar refractivity (Wildman–Crippen MR) is 80.9 cm³/mol. The molecular formula is C16H12N2O2S. The van der Waals surface area contributed by atoms with Gasteiger partial charge in [0.25, 0.3) is 0 Å². The third kappa shape index (κ3) is 3.32. The van der Waals surface area contributed by atoms with E-state index in [-0.39, 0.29) is 12.6 Å². The van der Waals surface area contributed by atoms with Crippen molar-refractivity contribution in [3.8, 4) is 10.6 Å². The number of carbonyl (C=O) groups excluding carboxylic acids is 1. The number of benzene rings is 1. The van der Waals surface area contributed by atoms with Crippen molar-refractivity contribution in [1.29, 1.82) is 0 Å². The van der Waals surface area contributed by atoms with Crippen LogP contribution in [0.5, 0.6) is 0 Å². The molecule has 0 bridgehead atoms. The SMILES string of the molecule is O=C(OCc1cccnc1)c1cnc(-c2ccccc2)s1. The third-order valence-corrected chi connectivity index (χ3v) is 3.85. The van der Waals surface area contributed by atoms with Gasteiger partial charge < -0.3 is 4.74 Å². The van der Waals surface area contributed by atoms with Gasteiger partial charge in [-0.3, -0.25) is 4.98 Å². The smallest absolute Gasteiger partial charge is 0.350 e. The highest BCUT2D eigenvalue weighted by Crippen LogP contribution is 2.25. The molecule has 0 fully saturated rings. The summed E-state index contributed by atoms with van der Waals surface area (Å²) >= 11 is 1.33. The van der Waals surface area contributed by atoms with E-state index in [0.29, 0.717) is 4.88 Å². The lowest BCUT2D eigenvalue weighted by Gasteiger charge is -2.02. The molecule has 21 heavy (non-hydrogen) atoms. The van der Waals surface area contributed by atoms with E-state index in [0.717, 1.165) is 16.1 Å². The molecule has 0 radical (unpaired) electrons. The number of rotatable bonds is 4. The van der Waals surface area contributed by atoms with Crippen molar-refractivity contribution in [2.75, 3.05) is 0 Å². The Labute approximate surface area is 126 Å².